The Morgan fingerprint density at radius 1 is 1.56 bits per heavy atom. The highest BCUT2D eigenvalue weighted by molar-refractivity contribution is 6.36. The largest absolute Gasteiger partial charge is 0.468 e. The molecule has 0 aromatic rings. The first-order valence-electron chi connectivity index (χ1n) is 3.26. The SMILES string of the molecule is [SiH3]O[SiH2]C1C=CC=CC1. The van der Waals surface area contributed by atoms with Gasteiger partial charge < -0.3 is 4.12 Å². The molecular formula is C6H12OSi2. The highest BCUT2D eigenvalue weighted by Gasteiger charge is 2.03. The lowest BCUT2D eigenvalue weighted by atomic mass is 10.2. The van der Waals surface area contributed by atoms with Crippen molar-refractivity contribution in [1.82, 2.24) is 0 Å². The van der Waals surface area contributed by atoms with Crippen LogP contribution in [0.1, 0.15) is 6.42 Å². The van der Waals surface area contributed by atoms with Crippen LogP contribution in [-0.4, -0.2) is 20.2 Å². The van der Waals surface area contributed by atoms with Gasteiger partial charge in [-0.25, -0.2) is 0 Å². The maximum absolute atomic E-state index is 5.27. The number of hydrogen-bond acceptors (Lipinski definition) is 1. The van der Waals surface area contributed by atoms with Crippen LogP contribution in [0.3, 0.4) is 0 Å². The summed E-state index contributed by atoms with van der Waals surface area (Å²) in [6.45, 7) is 0. The second-order valence-corrected chi connectivity index (χ2v) is 5.96. The van der Waals surface area contributed by atoms with Crippen LogP contribution in [0.15, 0.2) is 24.3 Å². The lowest BCUT2D eigenvalue weighted by Gasteiger charge is -2.09. The van der Waals surface area contributed by atoms with Gasteiger partial charge >= 0.3 is 0 Å². The standard InChI is InChI=1S/C6H12OSi2/c8-7-9-6-4-2-1-3-5-6/h1-4,6H,5,9H2,8H3. The zero-order chi connectivity index (χ0) is 6.53. The molecule has 9 heavy (non-hydrogen) atoms. The van der Waals surface area contributed by atoms with Gasteiger partial charge in [0.25, 0.3) is 0 Å². The first-order valence-corrected chi connectivity index (χ1v) is 5.47. The van der Waals surface area contributed by atoms with Crippen LogP contribution in [-0.2, 0) is 4.12 Å². The Balaban J connectivity index is 2.28. The molecule has 0 saturated heterocycles. The van der Waals surface area contributed by atoms with E-state index in [0.29, 0.717) is 0 Å². The fraction of sp³-hybridized carbons (Fsp3) is 0.333. The smallest absolute Gasteiger partial charge is 0.152 e. The van der Waals surface area contributed by atoms with Crippen molar-refractivity contribution in [3.05, 3.63) is 24.3 Å². The molecule has 1 rings (SSSR count). The molecule has 3 heteroatoms. The predicted octanol–water partition coefficient (Wildman–Crippen LogP) is -0.328. The topological polar surface area (TPSA) is 9.23 Å². The molecular weight excluding hydrogens is 144 g/mol. The summed E-state index contributed by atoms with van der Waals surface area (Å²) in [5, 5.41) is 0. The van der Waals surface area contributed by atoms with Crippen LogP contribution in [0, 0.1) is 0 Å². The van der Waals surface area contributed by atoms with E-state index in [9.17, 15) is 0 Å². The Labute approximate surface area is 61.3 Å². The van der Waals surface area contributed by atoms with E-state index in [1.165, 1.54) is 6.42 Å². The summed E-state index contributed by atoms with van der Waals surface area (Å²) in [4.78, 5) is 0. The maximum atomic E-state index is 5.27. The van der Waals surface area contributed by atoms with Gasteiger partial charge in [0.05, 0.1) is 0 Å². The van der Waals surface area contributed by atoms with E-state index in [4.69, 9.17) is 4.12 Å². The fourth-order valence-corrected chi connectivity index (χ4v) is 3.28. The molecule has 0 amide bonds. The van der Waals surface area contributed by atoms with Crippen molar-refractivity contribution in [3.63, 3.8) is 0 Å². The zero-order valence-corrected chi connectivity index (χ0v) is 9.12. The molecule has 0 fully saturated rings. The number of rotatable bonds is 2. The van der Waals surface area contributed by atoms with E-state index in [1.54, 1.807) is 0 Å². The minimum atomic E-state index is -0.200. The maximum Gasteiger partial charge on any atom is 0.152 e. The average Bonchev–Trinajstić information content (AvgIpc) is 1.91. The van der Waals surface area contributed by atoms with Crippen LogP contribution >= 0.6 is 0 Å². The Bertz CT molecular complexity index is 131. The van der Waals surface area contributed by atoms with Gasteiger partial charge in [0.2, 0.25) is 0 Å². The van der Waals surface area contributed by atoms with Gasteiger partial charge in [-0.1, -0.05) is 24.3 Å². The summed E-state index contributed by atoms with van der Waals surface area (Å²) in [6.07, 6.45) is 9.94. The van der Waals surface area contributed by atoms with Crippen molar-refractivity contribution in [3.8, 4) is 0 Å². The van der Waals surface area contributed by atoms with Crippen molar-refractivity contribution in [1.29, 1.82) is 0 Å². The van der Waals surface area contributed by atoms with E-state index in [2.05, 4.69) is 24.3 Å². The molecule has 1 nitrogen and oxygen atoms in total. The van der Waals surface area contributed by atoms with Gasteiger partial charge in [0, 0.05) is 0 Å². The third-order valence-corrected chi connectivity index (χ3v) is 3.82. The van der Waals surface area contributed by atoms with Gasteiger partial charge in [0.15, 0.2) is 9.76 Å². The quantitative estimate of drug-likeness (QED) is 0.498. The highest BCUT2D eigenvalue weighted by atomic mass is 28.3. The third-order valence-electron chi connectivity index (χ3n) is 1.45. The second-order valence-electron chi connectivity index (χ2n) is 2.26. The minimum Gasteiger partial charge on any atom is -0.468 e. The lowest BCUT2D eigenvalue weighted by Crippen LogP contribution is -2.04. The average molecular weight is 156 g/mol. The third kappa shape index (κ3) is 2.30. The Hall–Kier alpha value is -0.126. The van der Waals surface area contributed by atoms with Crippen LogP contribution in [0.4, 0.5) is 0 Å². The Kier molecular flexibility index (Phi) is 2.96. The Morgan fingerprint density at radius 2 is 2.44 bits per heavy atom. The van der Waals surface area contributed by atoms with E-state index in [1.807, 2.05) is 0 Å². The zero-order valence-electron chi connectivity index (χ0n) is 5.71. The summed E-state index contributed by atoms with van der Waals surface area (Å²) in [6, 6.07) is 0. The van der Waals surface area contributed by atoms with Crippen LogP contribution in [0.2, 0.25) is 5.54 Å². The molecule has 0 N–H and O–H groups in total. The lowest BCUT2D eigenvalue weighted by molar-refractivity contribution is 0.645. The fourth-order valence-electron chi connectivity index (χ4n) is 0.969. The molecule has 0 saturated carbocycles. The molecule has 0 radical (unpaired) electrons. The van der Waals surface area contributed by atoms with E-state index < -0.39 is 0 Å². The molecule has 0 aromatic carbocycles. The molecule has 1 aliphatic rings. The summed E-state index contributed by atoms with van der Waals surface area (Å²) in [5.74, 6) is 0. The van der Waals surface area contributed by atoms with Crippen molar-refractivity contribution in [2.24, 2.45) is 0 Å². The Morgan fingerprint density at radius 3 is 3.00 bits per heavy atom. The molecule has 0 aliphatic heterocycles. The van der Waals surface area contributed by atoms with Crippen molar-refractivity contribution < 1.29 is 4.12 Å². The van der Waals surface area contributed by atoms with Gasteiger partial charge in [-0.3, -0.25) is 0 Å². The second kappa shape index (κ2) is 3.82. The van der Waals surface area contributed by atoms with Crippen molar-refractivity contribution >= 4 is 20.2 Å². The summed E-state index contributed by atoms with van der Waals surface area (Å²) < 4.78 is 5.27. The van der Waals surface area contributed by atoms with Gasteiger partial charge in [-0.05, 0) is 12.0 Å². The van der Waals surface area contributed by atoms with Crippen LogP contribution < -0.4 is 0 Å². The van der Waals surface area contributed by atoms with Gasteiger partial charge in [-0.2, -0.15) is 0 Å². The molecule has 0 spiro atoms. The van der Waals surface area contributed by atoms with Crippen molar-refractivity contribution in [2.45, 2.75) is 12.0 Å². The van der Waals surface area contributed by atoms with E-state index in [-0.39, 0.29) is 9.76 Å². The molecule has 50 valence electrons. The summed E-state index contributed by atoms with van der Waals surface area (Å²) >= 11 is 0. The highest BCUT2D eigenvalue weighted by Crippen LogP contribution is 2.15. The monoisotopic (exact) mass is 156 g/mol. The molecule has 1 atom stereocenters. The first kappa shape index (κ1) is 6.99. The number of allylic oxidation sites excluding steroid dienone is 4. The summed E-state index contributed by atoms with van der Waals surface area (Å²) in [5.41, 5.74) is 0.785. The van der Waals surface area contributed by atoms with Gasteiger partial charge in [0.1, 0.15) is 10.5 Å². The number of hydrogen-bond donors (Lipinski definition) is 0. The van der Waals surface area contributed by atoms with E-state index >= 15 is 0 Å². The molecule has 0 heterocycles. The first-order chi connectivity index (χ1) is 4.43. The van der Waals surface area contributed by atoms with Crippen molar-refractivity contribution in [2.75, 3.05) is 0 Å². The van der Waals surface area contributed by atoms with E-state index in [0.717, 1.165) is 16.0 Å². The van der Waals surface area contributed by atoms with Gasteiger partial charge in [-0.15, -0.1) is 0 Å². The molecule has 0 bridgehead atoms. The molecule has 0 aromatic heterocycles. The van der Waals surface area contributed by atoms with Crippen LogP contribution in [0.25, 0.3) is 0 Å². The minimum absolute atomic E-state index is 0.200. The molecule has 1 aliphatic carbocycles. The summed E-state index contributed by atoms with van der Waals surface area (Å²) in [7, 11) is 0.726. The normalized spacial score (nSPS) is 26.4. The van der Waals surface area contributed by atoms with Crippen LogP contribution in [0.5, 0.6) is 0 Å². The predicted molar refractivity (Wildman–Crippen MR) is 46.2 cm³/mol. The molecule has 1 unspecified atom stereocenters.